The molecule has 5 rings (SSSR count). The maximum Gasteiger partial charge on any atom is 0.0462 e. The zero-order valence-electron chi connectivity index (χ0n) is 24.0. The van der Waals surface area contributed by atoms with E-state index in [0.29, 0.717) is 11.8 Å². The van der Waals surface area contributed by atoms with Gasteiger partial charge in [-0.3, -0.25) is 0 Å². The topological polar surface area (TPSA) is 40.5 Å². The van der Waals surface area contributed by atoms with Crippen molar-refractivity contribution >= 4 is 0 Å². The number of hydrogen-bond acceptors (Lipinski definition) is 2. The highest BCUT2D eigenvalue weighted by molar-refractivity contribution is 5.65. The SMILES string of the molecule is CCCc1ccc(C2CCc3cc(-c4ccc(CCC5CCC(C(CO)CCO)CC5)cc4)ccc3C2)cc1. The molecule has 3 aromatic rings. The van der Waals surface area contributed by atoms with Gasteiger partial charge in [-0.25, -0.2) is 0 Å². The normalized spacial score (nSPS) is 21.9. The van der Waals surface area contributed by atoms with Crippen molar-refractivity contribution < 1.29 is 10.2 Å². The lowest BCUT2D eigenvalue weighted by molar-refractivity contribution is 0.105. The second-order valence-corrected chi connectivity index (χ2v) is 12.4. The Kier molecular flexibility index (Phi) is 9.93. The average Bonchev–Trinajstić information content (AvgIpc) is 2.99. The Balaban J connectivity index is 1.13. The van der Waals surface area contributed by atoms with Crippen molar-refractivity contribution in [3.8, 4) is 11.1 Å². The minimum absolute atomic E-state index is 0.196. The van der Waals surface area contributed by atoms with E-state index in [9.17, 15) is 10.2 Å². The number of fused-ring (bicyclic) bond motifs is 1. The van der Waals surface area contributed by atoms with Gasteiger partial charge in [-0.15, -0.1) is 0 Å². The predicted octanol–water partition coefficient (Wildman–Crippen LogP) is 8.31. The lowest BCUT2D eigenvalue weighted by Crippen LogP contribution is -2.25. The van der Waals surface area contributed by atoms with Crippen molar-refractivity contribution in [2.24, 2.45) is 17.8 Å². The van der Waals surface area contributed by atoms with Crippen LogP contribution in [0.5, 0.6) is 0 Å². The first-order valence-electron chi connectivity index (χ1n) is 15.7. The number of aryl methyl sites for hydroxylation is 3. The number of aliphatic hydroxyl groups is 2. The van der Waals surface area contributed by atoms with E-state index in [4.69, 9.17) is 0 Å². The van der Waals surface area contributed by atoms with Crippen molar-refractivity contribution in [1.82, 2.24) is 0 Å². The predicted molar refractivity (Wildman–Crippen MR) is 163 cm³/mol. The summed E-state index contributed by atoms with van der Waals surface area (Å²) in [4.78, 5) is 0. The molecule has 2 atom stereocenters. The minimum Gasteiger partial charge on any atom is -0.396 e. The zero-order valence-corrected chi connectivity index (χ0v) is 24.0. The van der Waals surface area contributed by atoms with Crippen LogP contribution >= 0.6 is 0 Å². The summed E-state index contributed by atoms with van der Waals surface area (Å²) in [5.74, 6) is 2.33. The fraction of sp³-hybridized carbons (Fsp3) is 0.514. The minimum atomic E-state index is 0.196. The van der Waals surface area contributed by atoms with Crippen LogP contribution in [0.25, 0.3) is 11.1 Å². The van der Waals surface area contributed by atoms with Gasteiger partial charge in [-0.1, -0.05) is 92.9 Å². The van der Waals surface area contributed by atoms with Gasteiger partial charge in [0.05, 0.1) is 0 Å². The van der Waals surface area contributed by atoms with Gasteiger partial charge >= 0.3 is 0 Å². The Morgan fingerprint density at radius 2 is 1.44 bits per heavy atom. The molecule has 0 spiro atoms. The summed E-state index contributed by atoms with van der Waals surface area (Å²) in [5, 5.41) is 18.9. The Bertz CT molecular complexity index is 1160. The van der Waals surface area contributed by atoms with E-state index >= 15 is 0 Å². The fourth-order valence-corrected chi connectivity index (χ4v) is 7.29. The highest BCUT2D eigenvalue weighted by Crippen LogP contribution is 2.37. The molecule has 0 radical (unpaired) electrons. The van der Waals surface area contributed by atoms with Crippen LogP contribution in [0.3, 0.4) is 0 Å². The molecule has 2 heteroatoms. The molecule has 2 nitrogen and oxygen atoms in total. The molecule has 3 aromatic carbocycles. The van der Waals surface area contributed by atoms with Gasteiger partial charge < -0.3 is 10.2 Å². The highest BCUT2D eigenvalue weighted by atomic mass is 16.3. The summed E-state index contributed by atoms with van der Waals surface area (Å²) in [6.07, 6.45) is 14.1. The molecule has 2 aliphatic rings. The van der Waals surface area contributed by atoms with Gasteiger partial charge in [0.25, 0.3) is 0 Å². The summed E-state index contributed by atoms with van der Waals surface area (Å²) < 4.78 is 0. The van der Waals surface area contributed by atoms with Gasteiger partial charge in [0.2, 0.25) is 0 Å². The van der Waals surface area contributed by atoms with Crippen molar-refractivity contribution in [2.45, 2.75) is 89.9 Å². The number of rotatable bonds is 11. The second-order valence-electron chi connectivity index (χ2n) is 12.4. The first-order valence-corrected chi connectivity index (χ1v) is 15.7. The summed E-state index contributed by atoms with van der Waals surface area (Å²) in [5.41, 5.74) is 10.2. The van der Waals surface area contributed by atoms with Crippen LogP contribution < -0.4 is 0 Å². The Morgan fingerprint density at radius 3 is 2.13 bits per heavy atom. The molecule has 2 unspecified atom stereocenters. The van der Waals surface area contributed by atoms with E-state index in [1.165, 1.54) is 96.7 Å². The molecule has 0 bridgehead atoms. The van der Waals surface area contributed by atoms with E-state index in [1.54, 1.807) is 0 Å². The van der Waals surface area contributed by atoms with Crippen LogP contribution in [-0.2, 0) is 25.7 Å². The van der Waals surface area contributed by atoms with Gasteiger partial charge in [0, 0.05) is 13.2 Å². The number of benzene rings is 3. The molecular formula is C37H48O2. The smallest absolute Gasteiger partial charge is 0.0462 e. The standard InChI is InChI=1S/C37H48O2/c1-2-3-27-6-12-30(13-7-27)33-18-20-36-25-34(19-21-35(36)24-33)31-14-8-28(9-15-31)4-5-29-10-16-32(17-11-29)37(26-39)22-23-38/h6-9,12-15,19,21,25,29,32-33,37-39H,2-5,10-11,16-18,20,22-24,26H2,1H3. The van der Waals surface area contributed by atoms with E-state index in [-0.39, 0.29) is 19.1 Å². The summed E-state index contributed by atoms with van der Waals surface area (Å²) in [6.45, 7) is 2.67. The molecular weight excluding hydrogens is 476 g/mol. The van der Waals surface area contributed by atoms with Gasteiger partial charge in [0.15, 0.2) is 0 Å². The fourth-order valence-electron chi connectivity index (χ4n) is 7.29. The molecule has 2 N–H and O–H groups in total. The molecule has 208 valence electrons. The summed E-state index contributed by atoms with van der Waals surface area (Å²) in [6, 6.07) is 25.9. The lowest BCUT2D eigenvalue weighted by Gasteiger charge is -2.33. The third kappa shape index (κ3) is 7.21. The van der Waals surface area contributed by atoms with Crippen molar-refractivity contribution in [3.05, 3.63) is 94.5 Å². The van der Waals surface area contributed by atoms with E-state index in [0.717, 1.165) is 25.2 Å². The van der Waals surface area contributed by atoms with Crippen LogP contribution in [0.2, 0.25) is 0 Å². The Hall–Kier alpha value is -2.42. The molecule has 0 heterocycles. The summed E-state index contributed by atoms with van der Waals surface area (Å²) >= 11 is 0. The van der Waals surface area contributed by atoms with Crippen molar-refractivity contribution in [3.63, 3.8) is 0 Å². The zero-order chi connectivity index (χ0) is 27.0. The van der Waals surface area contributed by atoms with Crippen molar-refractivity contribution in [2.75, 3.05) is 13.2 Å². The molecule has 2 aliphatic carbocycles. The largest absolute Gasteiger partial charge is 0.396 e. The van der Waals surface area contributed by atoms with Crippen LogP contribution in [-0.4, -0.2) is 23.4 Å². The third-order valence-corrected chi connectivity index (χ3v) is 9.85. The molecule has 39 heavy (non-hydrogen) atoms. The van der Waals surface area contributed by atoms with E-state index < -0.39 is 0 Å². The van der Waals surface area contributed by atoms with Crippen LogP contribution in [0, 0.1) is 17.8 Å². The van der Waals surface area contributed by atoms with Crippen molar-refractivity contribution in [1.29, 1.82) is 0 Å². The van der Waals surface area contributed by atoms with Crippen LogP contribution in [0.4, 0.5) is 0 Å². The highest BCUT2D eigenvalue weighted by Gasteiger charge is 2.27. The molecule has 0 saturated heterocycles. The number of aliphatic hydroxyl groups excluding tert-OH is 2. The average molecular weight is 525 g/mol. The maximum absolute atomic E-state index is 9.65. The quantitative estimate of drug-likeness (QED) is 0.265. The maximum atomic E-state index is 9.65. The van der Waals surface area contributed by atoms with Gasteiger partial charge in [-0.05, 0) is 120 Å². The Morgan fingerprint density at radius 1 is 0.744 bits per heavy atom. The van der Waals surface area contributed by atoms with Crippen LogP contribution in [0.1, 0.15) is 92.0 Å². The molecule has 0 aromatic heterocycles. The van der Waals surface area contributed by atoms with Gasteiger partial charge in [0.1, 0.15) is 0 Å². The first-order chi connectivity index (χ1) is 19.2. The number of hydrogen-bond donors (Lipinski definition) is 2. The first kappa shape index (κ1) is 28.1. The monoisotopic (exact) mass is 524 g/mol. The van der Waals surface area contributed by atoms with E-state index in [1.807, 2.05) is 0 Å². The third-order valence-electron chi connectivity index (χ3n) is 9.85. The lowest BCUT2D eigenvalue weighted by atomic mass is 9.74. The molecule has 0 amide bonds. The van der Waals surface area contributed by atoms with Crippen LogP contribution in [0.15, 0.2) is 66.7 Å². The van der Waals surface area contributed by atoms with Gasteiger partial charge in [-0.2, -0.15) is 0 Å². The molecule has 1 fully saturated rings. The second kappa shape index (κ2) is 13.8. The molecule has 0 aliphatic heterocycles. The Labute approximate surface area is 236 Å². The summed E-state index contributed by atoms with van der Waals surface area (Å²) in [7, 11) is 0. The molecule has 1 saturated carbocycles. The van der Waals surface area contributed by atoms with E-state index in [2.05, 4.69) is 73.7 Å².